The highest BCUT2D eigenvalue weighted by Gasteiger charge is 2.09. The molecule has 1 N–H and O–H groups in total. The van der Waals surface area contributed by atoms with E-state index in [-0.39, 0.29) is 23.3 Å². The van der Waals surface area contributed by atoms with E-state index in [0.29, 0.717) is 16.5 Å². The van der Waals surface area contributed by atoms with E-state index in [1.807, 2.05) is 22.8 Å². The second kappa shape index (κ2) is 9.32. The number of fused-ring (bicyclic) bond motifs is 1. The maximum atomic E-state index is 12.2. The van der Waals surface area contributed by atoms with E-state index in [4.69, 9.17) is 6.42 Å². The maximum Gasteiger partial charge on any atom is 0.258 e. The van der Waals surface area contributed by atoms with E-state index >= 15 is 0 Å². The summed E-state index contributed by atoms with van der Waals surface area (Å²) in [5.41, 5.74) is 0.933. The third-order valence-corrected chi connectivity index (χ3v) is 6.39. The zero-order valence-corrected chi connectivity index (χ0v) is 17.9. The summed E-state index contributed by atoms with van der Waals surface area (Å²) >= 11 is 7.39. The lowest BCUT2D eigenvalue weighted by Gasteiger charge is -2.01. The molecular weight excluding hydrogens is 468 g/mol. The highest BCUT2D eigenvalue weighted by molar-refractivity contribution is 9.10. The smallest absolute Gasteiger partial charge is 0.258 e. The van der Waals surface area contributed by atoms with E-state index in [9.17, 15) is 9.59 Å². The molecule has 0 fully saturated rings. The molecule has 0 aliphatic heterocycles. The van der Waals surface area contributed by atoms with Gasteiger partial charge in [0.05, 0.1) is 28.3 Å². The summed E-state index contributed by atoms with van der Waals surface area (Å²) in [6.45, 7) is 0.330. The van der Waals surface area contributed by atoms with Crippen LogP contribution in [0.2, 0.25) is 0 Å². The number of aromatic nitrogens is 2. The van der Waals surface area contributed by atoms with Crippen molar-refractivity contribution in [2.75, 3.05) is 16.8 Å². The Morgan fingerprint density at radius 2 is 2.26 bits per heavy atom. The molecule has 2 amide bonds. The molecule has 0 aliphatic carbocycles. The van der Waals surface area contributed by atoms with E-state index < -0.39 is 0 Å². The molecule has 0 spiro atoms. The van der Waals surface area contributed by atoms with Crippen molar-refractivity contribution < 1.29 is 9.59 Å². The van der Waals surface area contributed by atoms with Crippen LogP contribution in [0.3, 0.4) is 0 Å². The van der Waals surface area contributed by atoms with E-state index in [2.05, 4.69) is 37.1 Å². The minimum absolute atomic E-state index is 0.110. The van der Waals surface area contributed by atoms with Crippen molar-refractivity contribution in [1.29, 1.82) is 0 Å². The van der Waals surface area contributed by atoms with Crippen LogP contribution < -0.4 is 10.1 Å². The van der Waals surface area contributed by atoms with E-state index in [0.717, 1.165) is 14.7 Å². The Labute approximate surface area is 175 Å². The van der Waals surface area contributed by atoms with Gasteiger partial charge in [-0.05, 0) is 18.2 Å². The SMILES string of the molecule is C#CCn1c(=NC(=O)CSCC(=O)Nc2nccs2)sc2cc(Br)ccc21. The molecule has 0 bridgehead atoms. The largest absolute Gasteiger partial charge is 0.305 e. The summed E-state index contributed by atoms with van der Waals surface area (Å²) < 4.78 is 3.77. The number of anilines is 1. The number of nitrogens with one attached hydrogen (secondary N) is 1. The first-order valence-electron chi connectivity index (χ1n) is 7.64. The molecule has 0 aliphatic rings. The Kier molecular flexibility index (Phi) is 6.84. The third kappa shape index (κ3) is 5.29. The fraction of sp³-hybridized carbons (Fsp3) is 0.176. The first kappa shape index (κ1) is 19.8. The number of carbonyl (C=O) groups is 2. The summed E-state index contributed by atoms with van der Waals surface area (Å²) in [5, 5.41) is 4.99. The lowest BCUT2D eigenvalue weighted by atomic mass is 10.3. The topological polar surface area (TPSA) is 76.3 Å². The van der Waals surface area contributed by atoms with Crippen LogP contribution in [0.5, 0.6) is 0 Å². The number of hydrogen-bond donors (Lipinski definition) is 1. The highest BCUT2D eigenvalue weighted by atomic mass is 79.9. The molecule has 0 saturated heterocycles. The molecule has 3 rings (SSSR count). The van der Waals surface area contributed by atoms with Crippen LogP contribution in [0.1, 0.15) is 0 Å². The number of halogens is 1. The van der Waals surface area contributed by atoms with Crippen molar-refractivity contribution >= 4 is 77.5 Å². The van der Waals surface area contributed by atoms with Gasteiger partial charge in [-0.25, -0.2) is 4.98 Å². The normalized spacial score (nSPS) is 11.5. The van der Waals surface area contributed by atoms with Crippen molar-refractivity contribution in [3.8, 4) is 12.3 Å². The van der Waals surface area contributed by atoms with Crippen molar-refractivity contribution in [3.63, 3.8) is 0 Å². The molecule has 27 heavy (non-hydrogen) atoms. The molecule has 3 aromatic rings. The highest BCUT2D eigenvalue weighted by Crippen LogP contribution is 2.22. The van der Waals surface area contributed by atoms with Crippen molar-refractivity contribution in [1.82, 2.24) is 9.55 Å². The van der Waals surface area contributed by atoms with Gasteiger partial charge in [0, 0.05) is 16.0 Å². The quantitative estimate of drug-likeness (QED) is 0.548. The minimum atomic E-state index is -0.307. The van der Waals surface area contributed by atoms with Gasteiger partial charge in [0.1, 0.15) is 0 Å². The Hall–Kier alpha value is -1.93. The van der Waals surface area contributed by atoms with Crippen LogP contribution >= 0.6 is 50.4 Å². The maximum absolute atomic E-state index is 12.2. The van der Waals surface area contributed by atoms with Crippen molar-refractivity contribution in [3.05, 3.63) is 39.1 Å². The van der Waals surface area contributed by atoms with Crippen molar-refractivity contribution in [2.24, 2.45) is 4.99 Å². The first-order chi connectivity index (χ1) is 13.1. The van der Waals surface area contributed by atoms with Gasteiger partial charge in [0.25, 0.3) is 5.91 Å². The summed E-state index contributed by atoms with van der Waals surface area (Å²) in [7, 11) is 0. The van der Waals surface area contributed by atoms with Gasteiger partial charge in [-0.1, -0.05) is 33.2 Å². The Morgan fingerprint density at radius 1 is 1.41 bits per heavy atom. The Morgan fingerprint density at radius 3 is 3.00 bits per heavy atom. The monoisotopic (exact) mass is 480 g/mol. The molecular formula is C17H13BrN4O2S3. The zero-order valence-electron chi connectivity index (χ0n) is 13.8. The molecule has 0 unspecified atom stereocenters. The number of thiazole rings is 2. The summed E-state index contributed by atoms with van der Waals surface area (Å²) in [4.78, 5) is 32.7. The number of terminal acetylenes is 1. The van der Waals surface area contributed by atoms with E-state index in [1.54, 1.807) is 11.6 Å². The molecule has 6 nitrogen and oxygen atoms in total. The fourth-order valence-electron chi connectivity index (χ4n) is 2.19. The molecule has 10 heteroatoms. The van der Waals surface area contributed by atoms with Crippen LogP contribution in [-0.4, -0.2) is 32.9 Å². The number of carbonyl (C=O) groups excluding carboxylic acids is 2. The lowest BCUT2D eigenvalue weighted by molar-refractivity contribution is -0.115. The molecule has 1 aromatic carbocycles. The number of hydrogen-bond acceptors (Lipinski definition) is 6. The molecule has 0 saturated carbocycles. The Bertz CT molecular complexity index is 1080. The third-order valence-electron chi connectivity index (χ3n) is 3.25. The number of benzene rings is 1. The molecule has 2 aromatic heterocycles. The standard InChI is InChI=1S/C17H13BrN4O2S3/c1-2-6-22-12-4-3-11(18)8-13(12)27-17(22)21-15(24)10-25-9-14(23)20-16-19-5-7-26-16/h1,3-5,7-8H,6,9-10H2,(H,19,20,23). The second-order valence-electron chi connectivity index (χ2n) is 5.17. The van der Waals surface area contributed by atoms with Gasteiger partial charge in [0.2, 0.25) is 5.91 Å². The van der Waals surface area contributed by atoms with Gasteiger partial charge in [-0.2, -0.15) is 4.99 Å². The Balaban J connectivity index is 1.67. The molecule has 0 atom stereocenters. The number of amides is 2. The first-order valence-corrected chi connectivity index (χ1v) is 11.3. The van der Waals surface area contributed by atoms with Gasteiger partial charge in [-0.3, -0.25) is 9.59 Å². The summed E-state index contributed by atoms with van der Waals surface area (Å²) in [5.74, 6) is 2.36. The fourth-order valence-corrected chi connectivity index (χ4v) is 4.93. The predicted octanol–water partition coefficient (Wildman–Crippen LogP) is 3.35. The number of thioether (sulfide) groups is 1. The van der Waals surface area contributed by atoms with Crippen LogP contribution in [0, 0.1) is 12.3 Å². The van der Waals surface area contributed by atoms with Gasteiger partial charge in [0.15, 0.2) is 9.93 Å². The van der Waals surface area contributed by atoms with Crippen molar-refractivity contribution in [2.45, 2.75) is 6.54 Å². The van der Waals surface area contributed by atoms with Gasteiger partial charge >= 0.3 is 0 Å². The summed E-state index contributed by atoms with van der Waals surface area (Å²) in [6, 6.07) is 5.83. The lowest BCUT2D eigenvalue weighted by Crippen LogP contribution is -2.18. The number of rotatable bonds is 6. The average Bonchev–Trinajstić information content (AvgIpc) is 3.23. The molecule has 0 radical (unpaired) electrons. The van der Waals surface area contributed by atoms with Crippen LogP contribution in [0.4, 0.5) is 5.13 Å². The summed E-state index contributed by atoms with van der Waals surface area (Å²) in [6.07, 6.45) is 7.07. The number of nitrogens with zero attached hydrogens (tertiary/aromatic N) is 3. The van der Waals surface area contributed by atoms with E-state index in [1.165, 1.54) is 34.4 Å². The second-order valence-corrected chi connectivity index (χ2v) is 8.98. The minimum Gasteiger partial charge on any atom is -0.305 e. The van der Waals surface area contributed by atoms with Crippen LogP contribution in [-0.2, 0) is 16.1 Å². The van der Waals surface area contributed by atoms with Crippen LogP contribution in [0.25, 0.3) is 10.2 Å². The predicted molar refractivity (Wildman–Crippen MR) is 115 cm³/mol. The zero-order chi connectivity index (χ0) is 19.2. The van der Waals surface area contributed by atoms with Gasteiger partial charge in [-0.15, -0.1) is 29.5 Å². The molecule has 138 valence electrons. The average molecular weight is 481 g/mol. The van der Waals surface area contributed by atoms with Crippen LogP contribution in [0.15, 0.2) is 39.2 Å². The molecule has 2 heterocycles. The van der Waals surface area contributed by atoms with Gasteiger partial charge < -0.3 is 9.88 Å².